The van der Waals surface area contributed by atoms with E-state index in [1.165, 1.54) is 12.8 Å². The predicted molar refractivity (Wildman–Crippen MR) is 82.4 cm³/mol. The zero-order valence-electron chi connectivity index (χ0n) is 12.9. The lowest BCUT2D eigenvalue weighted by Crippen LogP contribution is -2.53. The van der Waals surface area contributed by atoms with Crippen LogP contribution in [0.5, 0.6) is 11.5 Å². The summed E-state index contributed by atoms with van der Waals surface area (Å²) < 4.78 is 11.3. The Hall–Kier alpha value is -1.30. The molecular weight excluding hydrogens is 266 g/mol. The Balaban J connectivity index is 1.95. The average molecular weight is 291 g/mol. The molecule has 1 atom stereocenters. The van der Waals surface area contributed by atoms with E-state index in [9.17, 15) is 0 Å². The van der Waals surface area contributed by atoms with Gasteiger partial charge in [0.1, 0.15) is 13.2 Å². The molecule has 1 fully saturated rings. The monoisotopic (exact) mass is 291 g/mol. The summed E-state index contributed by atoms with van der Waals surface area (Å²) in [6.45, 7) is 1.22. The number of likely N-dealkylation sites (N-methyl/N-ethyl adjacent to an activating group) is 1. The number of hydrogen-bond acceptors (Lipinski definition) is 5. The zero-order valence-corrected chi connectivity index (χ0v) is 12.9. The molecule has 0 aromatic heterocycles. The van der Waals surface area contributed by atoms with Crippen molar-refractivity contribution in [2.24, 2.45) is 5.84 Å². The van der Waals surface area contributed by atoms with Gasteiger partial charge in [-0.05, 0) is 44.6 Å². The highest BCUT2D eigenvalue weighted by Crippen LogP contribution is 2.44. The summed E-state index contributed by atoms with van der Waals surface area (Å²) in [5.74, 6) is 7.58. The molecule has 1 aliphatic carbocycles. The third kappa shape index (κ3) is 2.50. The molecule has 0 amide bonds. The van der Waals surface area contributed by atoms with Gasteiger partial charge < -0.3 is 14.4 Å². The van der Waals surface area contributed by atoms with Crippen LogP contribution in [0.2, 0.25) is 0 Å². The second kappa shape index (κ2) is 5.83. The highest BCUT2D eigenvalue weighted by molar-refractivity contribution is 5.45. The predicted octanol–water partition coefficient (Wildman–Crippen LogP) is 1.84. The Bertz CT molecular complexity index is 498. The van der Waals surface area contributed by atoms with E-state index in [0.29, 0.717) is 13.2 Å². The van der Waals surface area contributed by atoms with Crippen LogP contribution in [0, 0.1) is 0 Å². The molecule has 3 N–H and O–H groups in total. The molecule has 116 valence electrons. The Labute approximate surface area is 126 Å². The van der Waals surface area contributed by atoms with Crippen molar-refractivity contribution in [3.63, 3.8) is 0 Å². The minimum absolute atomic E-state index is 0.0680. The van der Waals surface area contributed by atoms with Crippen molar-refractivity contribution < 1.29 is 9.47 Å². The van der Waals surface area contributed by atoms with Gasteiger partial charge in [-0.15, -0.1) is 0 Å². The molecule has 1 unspecified atom stereocenters. The quantitative estimate of drug-likeness (QED) is 0.655. The molecule has 2 aliphatic rings. The Morgan fingerprint density at radius 2 is 1.81 bits per heavy atom. The van der Waals surface area contributed by atoms with Crippen LogP contribution in [0.4, 0.5) is 0 Å². The van der Waals surface area contributed by atoms with E-state index in [2.05, 4.69) is 36.6 Å². The molecule has 1 aromatic rings. The lowest BCUT2D eigenvalue weighted by atomic mass is 9.82. The van der Waals surface area contributed by atoms with E-state index in [-0.39, 0.29) is 11.6 Å². The van der Waals surface area contributed by atoms with Crippen molar-refractivity contribution in [3.05, 3.63) is 23.8 Å². The molecule has 5 heteroatoms. The van der Waals surface area contributed by atoms with Crippen LogP contribution in [0.15, 0.2) is 18.2 Å². The molecule has 0 saturated heterocycles. The van der Waals surface area contributed by atoms with Crippen molar-refractivity contribution in [1.29, 1.82) is 0 Å². The van der Waals surface area contributed by atoms with Crippen LogP contribution in [0.1, 0.15) is 37.3 Å². The Morgan fingerprint density at radius 3 is 2.43 bits per heavy atom. The number of fused-ring (bicyclic) bond motifs is 1. The Kier molecular flexibility index (Phi) is 4.06. The summed E-state index contributed by atoms with van der Waals surface area (Å²) in [5, 5.41) is 0. The summed E-state index contributed by atoms with van der Waals surface area (Å²) in [4.78, 5) is 2.32. The second-order valence-corrected chi connectivity index (χ2v) is 6.21. The highest BCUT2D eigenvalue weighted by atomic mass is 16.6. The van der Waals surface area contributed by atoms with Gasteiger partial charge in [0.05, 0.1) is 6.04 Å². The van der Waals surface area contributed by atoms with E-state index in [1.807, 2.05) is 6.07 Å². The van der Waals surface area contributed by atoms with E-state index < -0.39 is 0 Å². The van der Waals surface area contributed by atoms with Crippen LogP contribution in [0.25, 0.3) is 0 Å². The maximum absolute atomic E-state index is 5.93. The van der Waals surface area contributed by atoms with Gasteiger partial charge in [0, 0.05) is 5.54 Å². The van der Waals surface area contributed by atoms with Gasteiger partial charge >= 0.3 is 0 Å². The zero-order chi connectivity index (χ0) is 14.9. The number of hydrogen-bond donors (Lipinski definition) is 2. The van der Waals surface area contributed by atoms with Gasteiger partial charge in [0.15, 0.2) is 11.5 Å². The van der Waals surface area contributed by atoms with Gasteiger partial charge in [0.2, 0.25) is 0 Å². The van der Waals surface area contributed by atoms with Gasteiger partial charge in [-0.2, -0.15) is 0 Å². The van der Waals surface area contributed by atoms with Crippen LogP contribution in [0.3, 0.4) is 0 Å². The molecule has 5 nitrogen and oxygen atoms in total. The van der Waals surface area contributed by atoms with Gasteiger partial charge in [0.25, 0.3) is 0 Å². The summed E-state index contributed by atoms with van der Waals surface area (Å²) in [6.07, 6.45) is 4.81. The summed E-state index contributed by atoms with van der Waals surface area (Å²) in [5.41, 5.74) is 4.28. The third-order valence-corrected chi connectivity index (χ3v) is 4.96. The van der Waals surface area contributed by atoms with E-state index in [1.54, 1.807) is 0 Å². The molecule has 1 heterocycles. The van der Waals surface area contributed by atoms with Crippen molar-refractivity contribution in [3.8, 4) is 11.5 Å². The average Bonchev–Trinajstić information content (AvgIpc) is 2.99. The molecule has 1 aromatic carbocycles. The van der Waals surface area contributed by atoms with Gasteiger partial charge in [-0.25, -0.2) is 0 Å². The molecule has 1 saturated carbocycles. The first-order chi connectivity index (χ1) is 10.2. The maximum atomic E-state index is 5.93. The van der Waals surface area contributed by atoms with Gasteiger partial charge in [-0.3, -0.25) is 11.3 Å². The van der Waals surface area contributed by atoms with Gasteiger partial charge in [-0.1, -0.05) is 18.9 Å². The molecule has 0 radical (unpaired) electrons. The minimum Gasteiger partial charge on any atom is -0.486 e. The Morgan fingerprint density at radius 1 is 1.14 bits per heavy atom. The van der Waals surface area contributed by atoms with E-state index in [4.69, 9.17) is 15.3 Å². The summed E-state index contributed by atoms with van der Waals surface area (Å²) in [7, 11) is 4.29. The first-order valence-corrected chi connectivity index (χ1v) is 7.70. The van der Waals surface area contributed by atoms with Crippen LogP contribution >= 0.6 is 0 Å². The van der Waals surface area contributed by atoms with Crippen LogP contribution in [-0.4, -0.2) is 37.7 Å². The third-order valence-electron chi connectivity index (χ3n) is 4.96. The fraction of sp³-hybridized carbons (Fsp3) is 0.625. The topological polar surface area (TPSA) is 59.8 Å². The lowest BCUT2D eigenvalue weighted by molar-refractivity contribution is 0.104. The summed E-state index contributed by atoms with van der Waals surface area (Å²) >= 11 is 0. The number of nitrogens with two attached hydrogens (primary N) is 1. The fourth-order valence-corrected chi connectivity index (χ4v) is 3.78. The van der Waals surface area contributed by atoms with Crippen molar-refractivity contribution in [1.82, 2.24) is 10.3 Å². The lowest BCUT2D eigenvalue weighted by Gasteiger charge is -2.43. The number of nitrogens with one attached hydrogen (secondary N) is 1. The van der Waals surface area contributed by atoms with Crippen LogP contribution in [-0.2, 0) is 0 Å². The fourth-order valence-electron chi connectivity index (χ4n) is 3.78. The molecule has 0 bridgehead atoms. The SMILES string of the molecule is CN(C)C1(C(NN)c2ccc3c(c2)OCCO3)CCCC1. The summed E-state index contributed by atoms with van der Waals surface area (Å²) in [6, 6.07) is 6.25. The first kappa shape index (κ1) is 14.6. The number of benzene rings is 1. The molecular formula is C16H25N3O2. The number of nitrogens with zero attached hydrogens (tertiary/aromatic N) is 1. The van der Waals surface area contributed by atoms with Crippen molar-refractivity contribution >= 4 is 0 Å². The largest absolute Gasteiger partial charge is 0.486 e. The standard InChI is InChI=1S/C16H25N3O2/c1-19(2)16(7-3-4-8-16)15(18-17)12-5-6-13-14(11-12)21-10-9-20-13/h5-6,11,15,18H,3-4,7-10,17H2,1-2H3. The number of hydrazine groups is 1. The highest BCUT2D eigenvalue weighted by Gasteiger charge is 2.43. The smallest absolute Gasteiger partial charge is 0.161 e. The molecule has 3 rings (SSSR count). The number of rotatable bonds is 4. The van der Waals surface area contributed by atoms with E-state index >= 15 is 0 Å². The second-order valence-electron chi connectivity index (χ2n) is 6.21. The first-order valence-electron chi connectivity index (χ1n) is 7.70. The normalized spacial score (nSPS) is 21.5. The number of ether oxygens (including phenoxy) is 2. The molecule has 0 spiro atoms. The maximum Gasteiger partial charge on any atom is 0.161 e. The van der Waals surface area contributed by atoms with Crippen molar-refractivity contribution in [2.45, 2.75) is 37.3 Å². The van der Waals surface area contributed by atoms with Crippen molar-refractivity contribution in [2.75, 3.05) is 27.3 Å². The van der Waals surface area contributed by atoms with E-state index in [0.717, 1.165) is 29.9 Å². The molecule has 21 heavy (non-hydrogen) atoms. The minimum atomic E-state index is 0.0680. The molecule has 1 aliphatic heterocycles. The van der Waals surface area contributed by atoms with Crippen LogP contribution < -0.4 is 20.7 Å².